The first-order valence-corrected chi connectivity index (χ1v) is 13.6. The number of rotatable bonds is 4. The molecule has 0 radical (unpaired) electrons. The van der Waals surface area contributed by atoms with Crippen LogP contribution in [0.15, 0.2) is 144 Å². The molecule has 0 saturated heterocycles. The van der Waals surface area contributed by atoms with Crippen LogP contribution in [0, 0.1) is 0 Å². The Bertz CT molecular complexity index is 1440. The third-order valence-electron chi connectivity index (χ3n) is 7.61. The predicted molar refractivity (Wildman–Crippen MR) is 166 cm³/mol. The van der Waals surface area contributed by atoms with E-state index in [9.17, 15) is 9.59 Å². The molecule has 0 aliphatic heterocycles. The Kier molecular flexibility index (Phi) is 7.70. The lowest BCUT2D eigenvalue weighted by molar-refractivity contribution is -0.112. The molecule has 0 N–H and O–H groups in total. The molecule has 4 aromatic carbocycles. The van der Waals surface area contributed by atoms with Crippen molar-refractivity contribution in [2.45, 2.75) is 27.7 Å². The Morgan fingerprint density at radius 1 is 0.300 bits per heavy atom. The largest absolute Gasteiger partial charge is 0.289 e. The van der Waals surface area contributed by atoms with Crippen LogP contribution in [0.5, 0.6) is 0 Å². The molecule has 0 saturated carbocycles. The van der Waals surface area contributed by atoms with Gasteiger partial charge in [-0.05, 0) is 72.2 Å². The summed E-state index contributed by atoms with van der Waals surface area (Å²) in [5, 5.41) is 0. The SMILES string of the molecule is CC1=C(c2ccccc2)C(c2ccccc2)=C(C)C1=O.CC1=C(c2ccccc2)C(c2ccccc2)=C(C)C1=O. The fourth-order valence-corrected chi connectivity index (χ4v) is 5.63. The molecular formula is C38H32O2. The quantitative estimate of drug-likeness (QED) is 0.269. The van der Waals surface area contributed by atoms with Crippen molar-refractivity contribution >= 4 is 33.9 Å². The summed E-state index contributed by atoms with van der Waals surface area (Å²) in [5.41, 5.74) is 12.1. The van der Waals surface area contributed by atoms with Crippen molar-refractivity contribution in [2.75, 3.05) is 0 Å². The minimum Gasteiger partial charge on any atom is -0.289 e. The number of carbonyl (C=O) groups is 2. The second-order valence-corrected chi connectivity index (χ2v) is 10.1. The fourth-order valence-electron chi connectivity index (χ4n) is 5.63. The van der Waals surface area contributed by atoms with Gasteiger partial charge in [-0.25, -0.2) is 0 Å². The zero-order chi connectivity index (χ0) is 28.2. The average molecular weight is 521 g/mol. The molecule has 2 aliphatic carbocycles. The molecule has 4 aromatic rings. The van der Waals surface area contributed by atoms with Gasteiger partial charge in [-0.3, -0.25) is 9.59 Å². The molecule has 0 atom stereocenters. The van der Waals surface area contributed by atoms with E-state index < -0.39 is 0 Å². The van der Waals surface area contributed by atoms with E-state index >= 15 is 0 Å². The molecule has 40 heavy (non-hydrogen) atoms. The normalized spacial score (nSPS) is 15.2. The summed E-state index contributed by atoms with van der Waals surface area (Å²) in [4.78, 5) is 24.7. The van der Waals surface area contributed by atoms with Gasteiger partial charge in [0.15, 0.2) is 11.6 Å². The number of ketones is 2. The van der Waals surface area contributed by atoms with Crippen molar-refractivity contribution in [1.82, 2.24) is 0 Å². The van der Waals surface area contributed by atoms with Crippen LogP contribution in [0.1, 0.15) is 49.9 Å². The lowest BCUT2D eigenvalue weighted by atomic mass is 9.92. The number of benzene rings is 4. The minimum absolute atomic E-state index is 0.155. The van der Waals surface area contributed by atoms with E-state index in [1.54, 1.807) is 0 Å². The van der Waals surface area contributed by atoms with E-state index in [4.69, 9.17) is 0 Å². The van der Waals surface area contributed by atoms with Crippen LogP contribution in [-0.2, 0) is 9.59 Å². The highest BCUT2D eigenvalue weighted by Gasteiger charge is 2.29. The second kappa shape index (κ2) is 11.5. The van der Waals surface area contributed by atoms with Gasteiger partial charge < -0.3 is 0 Å². The van der Waals surface area contributed by atoms with Crippen molar-refractivity contribution in [3.8, 4) is 0 Å². The van der Waals surface area contributed by atoms with Crippen LogP contribution in [0.25, 0.3) is 22.3 Å². The maximum atomic E-state index is 12.4. The number of hydrogen-bond donors (Lipinski definition) is 0. The first-order chi connectivity index (χ1) is 19.4. The van der Waals surface area contributed by atoms with Gasteiger partial charge in [0.1, 0.15) is 0 Å². The van der Waals surface area contributed by atoms with E-state index in [1.165, 1.54) is 0 Å². The summed E-state index contributed by atoms with van der Waals surface area (Å²) in [5.74, 6) is 0.311. The molecule has 0 bridgehead atoms. The van der Waals surface area contributed by atoms with Crippen molar-refractivity contribution in [1.29, 1.82) is 0 Å². The van der Waals surface area contributed by atoms with Gasteiger partial charge in [0.25, 0.3) is 0 Å². The first-order valence-electron chi connectivity index (χ1n) is 13.6. The smallest absolute Gasteiger partial charge is 0.185 e. The molecule has 0 spiro atoms. The van der Waals surface area contributed by atoms with Crippen LogP contribution < -0.4 is 0 Å². The standard InChI is InChI=1S/2C19H16O/c2*1-13-17(15-9-5-3-6-10-15)18(14(2)19(13)20)16-11-7-4-8-12-16/h2*3-12H,1-2H3. The topological polar surface area (TPSA) is 34.1 Å². The van der Waals surface area contributed by atoms with E-state index in [0.29, 0.717) is 0 Å². The van der Waals surface area contributed by atoms with Crippen molar-refractivity contribution in [2.24, 2.45) is 0 Å². The zero-order valence-corrected chi connectivity index (χ0v) is 23.4. The minimum atomic E-state index is 0.155. The molecule has 0 aromatic heterocycles. The van der Waals surface area contributed by atoms with Crippen molar-refractivity contribution in [3.63, 3.8) is 0 Å². The van der Waals surface area contributed by atoms with Crippen LogP contribution >= 0.6 is 0 Å². The van der Waals surface area contributed by atoms with E-state index in [0.717, 1.165) is 66.8 Å². The fraction of sp³-hybridized carbons (Fsp3) is 0.105. The van der Waals surface area contributed by atoms with Gasteiger partial charge >= 0.3 is 0 Å². The summed E-state index contributed by atoms with van der Waals surface area (Å²) in [6.45, 7) is 7.68. The van der Waals surface area contributed by atoms with Crippen molar-refractivity contribution in [3.05, 3.63) is 166 Å². The van der Waals surface area contributed by atoms with Gasteiger partial charge in [0.2, 0.25) is 0 Å². The summed E-state index contributed by atoms with van der Waals surface area (Å²) in [6.07, 6.45) is 0. The van der Waals surface area contributed by atoms with Gasteiger partial charge in [0.05, 0.1) is 0 Å². The van der Waals surface area contributed by atoms with Gasteiger partial charge in [-0.1, -0.05) is 121 Å². The average Bonchev–Trinajstić information content (AvgIpc) is 3.38. The van der Waals surface area contributed by atoms with E-state index in [1.807, 2.05) is 100 Å². The summed E-state index contributed by atoms with van der Waals surface area (Å²) < 4.78 is 0. The number of carbonyl (C=O) groups excluding carboxylic acids is 2. The number of Topliss-reactive ketones (excluding diaryl/α,β-unsaturated/α-hetero) is 2. The predicted octanol–water partition coefficient (Wildman–Crippen LogP) is 9.03. The van der Waals surface area contributed by atoms with Crippen molar-refractivity contribution < 1.29 is 9.59 Å². The summed E-state index contributed by atoms with van der Waals surface area (Å²) in [7, 11) is 0. The maximum Gasteiger partial charge on any atom is 0.185 e. The lowest BCUT2D eigenvalue weighted by Gasteiger charge is -2.11. The summed E-state index contributed by atoms with van der Waals surface area (Å²) in [6, 6.07) is 40.6. The zero-order valence-electron chi connectivity index (χ0n) is 23.4. The highest BCUT2D eigenvalue weighted by Crippen LogP contribution is 2.43. The third-order valence-corrected chi connectivity index (χ3v) is 7.61. The van der Waals surface area contributed by atoms with Crippen LogP contribution in [-0.4, -0.2) is 11.6 Å². The Morgan fingerprint density at radius 3 is 0.650 bits per heavy atom. The molecule has 2 heteroatoms. The molecule has 196 valence electrons. The summed E-state index contributed by atoms with van der Waals surface area (Å²) >= 11 is 0. The molecule has 0 heterocycles. The molecule has 0 fully saturated rings. The van der Waals surface area contributed by atoms with Gasteiger partial charge in [-0.2, -0.15) is 0 Å². The third kappa shape index (κ3) is 4.97. The van der Waals surface area contributed by atoms with E-state index in [-0.39, 0.29) is 11.6 Å². The Hall–Kier alpha value is -4.82. The monoisotopic (exact) mass is 520 g/mol. The lowest BCUT2D eigenvalue weighted by Crippen LogP contribution is -1.95. The molecular weight excluding hydrogens is 488 g/mol. The number of hydrogen-bond acceptors (Lipinski definition) is 2. The Morgan fingerprint density at radius 2 is 0.475 bits per heavy atom. The first kappa shape index (κ1) is 26.8. The van der Waals surface area contributed by atoms with Crippen LogP contribution in [0.3, 0.4) is 0 Å². The highest BCUT2D eigenvalue weighted by atomic mass is 16.1. The van der Waals surface area contributed by atoms with Gasteiger partial charge in [-0.15, -0.1) is 0 Å². The molecule has 2 aliphatic rings. The van der Waals surface area contributed by atoms with Gasteiger partial charge in [0, 0.05) is 22.3 Å². The van der Waals surface area contributed by atoms with Crippen LogP contribution in [0.2, 0.25) is 0 Å². The number of allylic oxidation sites excluding steroid dienone is 8. The molecule has 0 unspecified atom stereocenters. The van der Waals surface area contributed by atoms with Crippen LogP contribution in [0.4, 0.5) is 0 Å². The molecule has 6 rings (SSSR count). The maximum absolute atomic E-state index is 12.4. The Labute approximate surface area is 236 Å². The molecule has 0 amide bonds. The second-order valence-electron chi connectivity index (χ2n) is 10.1. The van der Waals surface area contributed by atoms with E-state index in [2.05, 4.69) is 48.5 Å². The molecule has 2 nitrogen and oxygen atoms in total. The highest BCUT2D eigenvalue weighted by molar-refractivity contribution is 6.32. The Balaban J connectivity index is 0.000000161.